The summed E-state index contributed by atoms with van der Waals surface area (Å²) in [4.78, 5) is 6.23. The van der Waals surface area contributed by atoms with Gasteiger partial charge in [-0.15, -0.1) is 11.3 Å². The zero-order valence-electron chi connectivity index (χ0n) is 13.1. The van der Waals surface area contributed by atoms with Crippen LogP contribution >= 0.6 is 11.3 Å². The number of hydrogen-bond donors (Lipinski definition) is 1. The first-order valence-electron chi connectivity index (χ1n) is 7.98. The minimum absolute atomic E-state index is 0.399. The van der Waals surface area contributed by atoms with Crippen LogP contribution in [-0.4, -0.2) is 24.2 Å². The molecule has 1 aromatic rings. The molecule has 1 atom stereocenters. The molecule has 0 bridgehead atoms. The molecule has 114 valence electrons. The van der Waals surface area contributed by atoms with Gasteiger partial charge in [0, 0.05) is 24.4 Å². The summed E-state index contributed by atoms with van der Waals surface area (Å²) in [6.07, 6.45) is 6.15. The maximum Gasteiger partial charge on any atom is 0.0957 e. The average molecular weight is 296 g/mol. The highest BCUT2D eigenvalue weighted by Crippen LogP contribution is 2.24. The van der Waals surface area contributed by atoms with E-state index in [1.807, 2.05) is 11.3 Å². The van der Waals surface area contributed by atoms with Crippen LogP contribution in [0.15, 0.2) is 0 Å². The van der Waals surface area contributed by atoms with Gasteiger partial charge in [-0.1, -0.05) is 20.8 Å². The van der Waals surface area contributed by atoms with Crippen LogP contribution < -0.4 is 5.32 Å². The van der Waals surface area contributed by atoms with E-state index in [1.54, 1.807) is 0 Å². The summed E-state index contributed by atoms with van der Waals surface area (Å²) in [7, 11) is 0. The first-order chi connectivity index (χ1) is 9.69. The Morgan fingerprint density at radius 1 is 1.40 bits per heavy atom. The normalized spacial score (nSPS) is 19.7. The van der Waals surface area contributed by atoms with Gasteiger partial charge >= 0.3 is 0 Å². The standard InChI is InChI=1S/C16H28N2OS/c1-4-14-15(11-17-10-12(2)3)20-16(18-14)9-13-7-5-6-8-19-13/h12-13,17H,4-11H2,1-3H3. The van der Waals surface area contributed by atoms with Gasteiger partial charge in [-0.25, -0.2) is 4.98 Å². The molecular weight excluding hydrogens is 268 g/mol. The second-order valence-electron chi connectivity index (χ2n) is 6.05. The van der Waals surface area contributed by atoms with Gasteiger partial charge in [-0.3, -0.25) is 0 Å². The molecule has 0 radical (unpaired) electrons. The van der Waals surface area contributed by atoms with Crippen molar-refractivity contribution in [3.05, 3.63) is 15.6 Å². The predicted molar refractivity (Wildman–Crippen MR) is 85.3 cm³/mol. The fourth-order valence-corrected chi connectivity index (χ4v) is 3.77. The second kappa shape index (κ2) is 8.11. The van der Waals surface area contributed by atoms with Gasteiger partial charge in [-0.05, 0) is 38.1 Å². The van der Waals surface area contributed by atoms with Gasteiger partial charge < -0.3 is 10.1 Å². The maximum absolute atomic E-state index is 5.83. The summed E-state index contributed by atoms with van der Waals surface area (Å²) < 4.78 is 5.83. The van der Waals surface area contributed by atoms with Crippen molar-refractivity contribution in [3.8, 4) is 0 Å². The number of ether oxygens (including phenoxy) is 1. The fraction of sp³-hybridized carbons (Fsp3) is 0.812. The van der Waals surface area contributed by atoms with Gasteiger partial charge in [0.25, 0.3) is 0 Å². The van der Waals surface area contributed by atoms with Crippen molar-refractivity contribution < 1.29 is 4.74 Å². The van der Waals surface area contributed by atoms with Crippen molar-refractivity contribution in [3.63, 3.8) is 0 Å². The molecule has 1 aliphatic rings. The zero-order valence-corrected chi connectivity index (χ0v) is 13.9. The molecule has 0 amide bonds. The van der Waals surface area contributed by atoms with Gasteiger partial charge in [0.1, 0.15) is 0 Å². The van der Waals surface area contributed by atoms with Crippen LogP contribution in [0.1, 0.15) is 55.6 Å². The van der Waals surface area contributed by atoms with E-state index in [-0.39, 0.29) is 0 Å². The molecule has 0 aromatic carbocycles. The van der Waals surface area contributed by atoms with Gasteiger partial charge in [0.05, 0.1) is 16.8 Å². The first kappa shape index (κ1) is 15.9. The Kier molecular flexibility index (Phi) is 6.46. The van der Waals surface area contributed by atoms with E-state index in [2.05, 4.69) is 26.1 Å². The van der Waals surface area contributed by atoms with E-state index in [4.69, 9.17) is 9.72 Å². The van der Waals surface area contributed by atoms with E-state index in [0.717, 1.165) is 32.5 Å². The largest absolute Gasteiger partial charge is 0.378 e. The number of rotatable bonds is 7. The number of nitrogens with one attached hydrogen (secondary N) is 1. The predicted octanol–water partition coefficient (Wildman–Crippen LogP) is 3.56. The summed E-state index contributed by atoms with van der Waals surface area (Å²) in [5, 5.41) is 4.79. The molecule has 1 aromatic heterocycles. The SMILES string of the molecule is CCc1nc(CC2CCCCO2)sc1CNCC(C)C. The molecule has 1 aliphatic heterocycles. The second-order valence-corrected chi connectivity index (χ2v) is 7.22. The molecule has 4 heteroatoms. The third-order valence-corrected chi connectivity index (χ3v) is 4.79. The summed E-state index contributed by atoms with van der Waals surface area (Å²) in [5.74, 6) is 0.697. The Balaban J connectivity index is 1.91. The summed E-state index contributed by atoms with van der Waals surface area (Å²) in [6, 6.07) is 0. The lowest BCUT2D eigenvalue weighted by atomic mass is 10.1. The van der Waals surface area contributed by atoms with Crippen molar-refractivity contribution in [1.29, 1.82) is 0 Å². The zero-order chi connectivity index (χ0) is 14.4. The summed E-state index contributed by atoms with van der Waals surface area (Å²) in [6.45, 7) is 9.65. The first-order valence-corrected chi connectivity index (χ1v) is 8.80. The molecule has 2 rings (SSSR count). The minimum atomic E-state index is 0.399. The Morgan fingerprint density at radius 3 is 2.90 bits per heavy atom. The highest BCUT2D eigenvalue weighted by atomic mass is 32.1. The molecule has 20 heavy (non-hydrogen) atoms. The molecular formula is C16H28N2OS. The quantitative estimate of drug-likeness (QED) is 0.835. The number of nitrogens with zero attached hydrogens (tertiary/aromatic N) is 1. The Hall–Kier alpha value is -0.450. The molecule has 0 spiro atoms. The van der Waals surface area contributed by atoms with Crippen LogP contribution in [0.4, 0.5) is 0 Å². The number of hydrogen-bond acceptors (Lipinski definition) is 4. The van der Waals surface area contributed by atoms with Crippen LogP contribution in [0, 0.1) is 5.92 Å². The molecule has 1 saturated heterocycles. The number of aryl methyl sites for hydroxylation is 1. The van der Waals surface area contributed by atoms with Crippen molar-refractivity contribution >= 4 is 11.3 Å². The fourth-order valence-electron chi connectivity index (χ4n) is 2.58. The Bertz CT molecular complexity index is 397. The summed E-state index contributed by atoms with van der Waals surface area (Å²) in [5.41, 5.74) is 1.28. The number of thiazole rings is 1. The Morgan fingerprint density at radius 2 is 2.25 bits per heavy atom. The molecule has 0 aliphatic carbocycles. The molecule has 3 nitrogen and oxygen atoms in total. The van der Waals surface area contributed by atoms with Crippen LogP contribution in [0.25, 0.3) is 0 Å². The molecule has 2 heterocycles. The van der Waals surface area contributed by atoms with Gasteiger partial charge in [0.15, 0.2) is 0 Å². The lowest BCUT2D eigenvalue weighted by Crippen LogP contribution is -2.21. The van der Waals surface area contributed by atoms with Crippen LogP contribution in [-0.2, 0) is 24.1 Å². The third-order valence-electron chi connectivity index (χ3n) is 3.67. The highest BCUT2D eigenvalue weighted by Gasteiger charge is 2.18. The molecule has 1 fully saturated rings. The third kappa shape index (κ3) is 4.83. The van der Waals surface area contributed by atoms with Crippen LogP contribution in [0.5, 0.6) is 0 Å². The molecule has 1 N–H and O–H groups in total. The van der Waals surface area contributed by atoms with Crippen LogP contribution in [0.2, 0.25) is 0 Å². The van der Waals surface area contributed by atoms with Crippen molar-refractivity contribution in [2.45, 2.75) is 65.5 Å². The number of aromatic nitrogens is 1. The van der Waals surface area contributed by atoms with Crippen molar-refractivity contribution in [1.82, 2.24) is 10.3 Å². The van der Waals surface area contributed by atoms with Gasteiger partial charge in [0.2, 0.25) is 0 Å². The maximum atomic E-state index is 5.83. The smallest absolute Gasteiger partial charge is 0.0957 e. The lowest BCUT2D eigenvalue weighted by Gasteiger charge is -2.21. The van der Waals surface area contributed by atoms with E-state index < -0.39 is 0 Å². The lowest BCUT2D eigenvalue weighted by molar-refractivity contribution is 0.0167. The van der Waals surface area contributed by atoms with Crippen molar-refractivity contribution in [2.24, 2.45) is 5.92 Å². The van der Waals surface area contributed by atoms with E-state index in [9.17, 15) is 0 Å². The van der Waals surface area contributed by atoms with Crippen LogP contribution in [0.3, 0.4) is 0 Å². The monoisotopic (exact) mass is 296 g/mol. The molecule has 0 saturated carbocycles. The Labute approximate surface area is 127 Å². The minimum Gasteiger partial charge on any atom is -0.378 e. The van der Waals surface area contributed by atoms with Crippen molar-refractivity contribution in [2.75, 3.05) is 13.2 Å². The van der Waals surface area contributed by atoms with E-state index >= 15 is 0 Å². The van der Waals surface area contributed by atoms with E-state index in [1.165, 1.54) is 34.8 Å². The van der Waals surface area contributed by atoms with Gasteiger partial charge in [-0.2, -0.15) is 0 Å². The topological polar surface area (TPSA) is 34.1 Å². The molecule has 1 unspecified atom stereocenters. The van der Waals surface area contributed by atoms with E-state index in [0.29, 0.717) is 12.0 Å². The average Bonchev–Trinajstić information content (AvgIpc) is 2.81. The highest BCUT2D eigenvalue weighted by molar-refractivity contribution is 7.11. The summed E-state index contributed by atoms with van der Waals surface area (Å²) >= 11 is 1.88.